The van der Waals surface area contributed by atoms with Crippen LogP contribution in [0.2, 0.25) is 0 Å². The first-order valence-electron chi connectivity index (χ1n) is 2.21. The molecule has 0 bridgehead atoms. The van der Waals surface area contributed by atoms with Gasteiger partial charge in [-0.3, -0.25) is 0 Å². The molecule has 0 saturated carbocycles. The van der Waals surface area contributed by atoms with Gasteiger partial charge in [0.15, 0.2) is 0 Å². The molecular formula is C5H7NaO4. The zero-order valence-electron chi connectivity index (χ0n) is 6.21. The first-order valence-corrected chi connectivity index (χ1v) is 2.21. The maximum Gasteiger partial charge on any atom is 1.00 e. The molecule has 0 fully saturated rings. The molecule has 10 heavy (non-hydrogen) atoms. The van der Waals surface area contributed by atoms with Crippen LogP contribution in [0, 0.1) is 0 Å². The molecule has 0 aliphatic carbocycles. The second-order valence-electron chi connectivity index (χ2n) is 1.19. The van der Waals surface area contributed by atoms with Crippen molar-refractivity contribution in [1.29, 1.82) is 0 Å². The average Bonchev–Trinajstić information content (AvgIpc) is 1.87. The van der Waals surface area contributed by atoms with Gasteiger partial charge in [0.2, 0.25) is 0 Å². The third kappa shape index (κ3) is 5.94. The summed E-state index contributed by atoms with van der Waals surface area (Å²) < 4.78 is 8.25. The minimum atomic E-state index is -0.707. The molecule has 0 aromatic carbocycles. The Labute approximate surface area is 81.1 Å². The molecule has 0 saturated heterocycles. The number of carbonyl (C=O) groups is 1. The first-order chi connectivity index (χ1) is 4.20. The van der Waals surface area contributed by atoms with Gasteiger partial charge in [0.25, 0.3) is 0 Å². The zero-order chi connectivity index (χ0) is 7.28. The molecule has 0 atom stereocenters. The summed E-state index contributed by atoms with van der Waals surface area (Å²) in [5, 5.41) is 10.2. The SMILES string of the molecule is COC(=O)/C=C(\[O-])OC.[Na+]. The van der Waals surface area contributed by atoms with Gasteiger partial charge in [-0.05, 0) is 7.11 Å². The molecule has 0 aromatic heterocycles. The van der Waals surface area contributed by atoms with Gasteiger partial charge in [-0.2, -0.15) is 0 Å². The zero-order valence-corrected chi connectivity index (χ0v) is 8.21. The Kier molecular flexibility index (Phi) is 8.64. The predicted molar refractivity (Wildman–Crippen MR) is 27.1 cm³/mol. The molecule has 0 N–H and O–H groups in total. The first kappa shape index (κ1) is 12.5. The molecule has 0 radical (unpaired) electrons. The van der Waals surface area contributed by atoms with E-state index in [4.69, 9.17) is 0 Å². The van der Waals surface area contributed by atoms with Crippen LogP contribution in [0.3, 0.4) is 0 Å². The largest absolute Gasteiger partial charge is 1.00 e. The van der Waals surface area contributed by atoms with E-state index in [1.54, 1.807) is 0 Å². The summed E-state index contributed by atoms with van der Waals surface area (Å²) in [4.78, 5) is 10.2. The number of hydrogen-bond donors (Lipinski definition) is 0. The summed E-state index contributed by atoms with van der Waals surface area (Å²) in [6.45, 7) is 0. The van der Waals surface area contributed by atoms with Crippen molar-refractivity contribution < 1.29 is 48.9 Å². The minimum absolute atomic E-state index is 0. The van der Waals surface area contributed by atoms with Crippen LogP contribution in [0.15, 0.2) is 12.0 Å². The normalized spacial score (nSPS) is 9.60. The average molecular weight is 154 g/mol. The molecule has 0 heterocycles. The van der Waals surface area contributed by atoms with Crippen molar-refractivity contribution in [1.82, 2.24) is 0 Å². The van der Waals surface area contributed by atoms with E-state index in [1.165, 1.54) is 14.2 Å². The molecule has 0 aliphatic rings. The van der Waals surface area contributed by atoms with Gasteiger partial charge >= 0.3 is 35.5 Å². The van der Waals surface area contributed by atoms with Gasteiger partial charge in [0, 0.05) is 6.08 Å². The van der Waals surface area contributed by atoms with E-state index in [2.05, 4.69) is 9.47 Å². The Morgan fingerprint density at radius 1 is 1.40 bits per heavy atom. The van der Waals surface area contributed by atoms with E-state index in [-0.39, 0.29) is 29.6 Å². The molecule has 0 aliphatic heterocycles. The van der Waals surface area contributed by atoms with Crippen LogP contribution in [-0.2, 0) is 14.3 Å². The molecule has 0 spiro atoms. The van der Waals surface area contributed by atoms with Crippen molar-refractivity contribution in [3.05, 3.63) is 12.0 Å². The molecule has 0 unspecified atom stereocenters. The monoisotopic (exact) mass is 154 g/mol. The Hall–Kier alpha value is -0.190. The summed E-state index contributed by atoms with van der Waals surface area (Å²) in [5.41, 5.74) is 0. The van der Waals surface area contributed by atoms with Crippen molar-refractivity contribution in [2.75, 3.05) is 14.2 Å². The fourth-order valence-electron chi connectivity index (χ4n) is 0.214. The third-order valence-corrected chi connectivity index (χ3v) is 0.638. The number of esters is 1. The summed E-state index contributed by atoms with van der Waals surface area (Å²) in [6, 6.07) is 0. The van der Waals surface area contributed by atoms with Crippen molar-refractivity contribution in [2.45, 2.75) is 0 Å². The second kappa shape index (κ2) is 6.92. The van der Waals surface area contributed by atoms with Gasteiger partial charge in [-0.25, -0.2) is 4.79 Å². The number of ether oxygens (including phenoxy) is 2. The van der Waals surface area contributed by atoms with Gasteiger partial charge in [0.05, 0.1) is 13.1 Å². The van der Waals surface area contributed by atoms with Crippen molar-refractivity contribution >= 4 is 5.97 Å². The third-order valence-electron chi connectivity index (χ3n) is 0.638. The van der Waals surface area contributed by atoms with Crippen molar-refractivity contribution in [2.24, 2.45) is 0 Å². The van der Waals surface area contributed by atoms with E-state index in [9.17, 15) is 9.90 Å². The topological polar surface area (TPSA) is 58.6 Å². The van der Waals surface area contributed by atoms with Crippen LogP contribution in [0.1, 0.15) is 0 Å². The summed E-state index contributed by atoms with van der Waals surface area (Å²) >= 11 is 0. The van der Waals surface area contributed by atoms with Crippen molar-refractivity contribution in [3.63, 3.8) is 0 Å². The number of carbonyl (C=O) groups excluding carboxylic acids is 1. The fourth-order valence-corrected chi connectivity index (χ4v) is 0.214. The number of rotatable bonds is 2. The van der Waals surface area contributed by atoms with Crippen LogP contribution in [0.5, 0.6) is 0 Å². The summed E-state index contributed by atoms with van der Waals surface area (Å²) in [6.07, 6.45) is 0.722. The molecule has 0 amide bonds. The second-order valence-corrected chi connectivity index (χ2v) is 1.19. The molecule has 5 heteroatoms. The van der Waals surface area contributed by atoms with Crippen LogP contribution < -0.4 is 34.7 Å². The van der Waals surface area contributed by atoms with E-state index < -0.39 is 11.9 Å². The van der Waals surface area contributed by atoms with Crippen LogP contribution in [-0.4, -0.2) is 20.2 Å². The number of hydrogen-bond acceptors (Lipinski definition) is 4. The van der Waals surface area contributed by atoms with E-state index in [1.807, 2.05) is 0 Å². The fraction of sp³-hybridized carbons (Fsp3) is 0.400. The van der Waals surface area contributed by atoms with Gasteiger partial charge in [0.1, 0.15) is 0 Å². The standard InChI is InChI=1S/C5H8O4.Na/c1-8-4(6)3-5(7)9-2;/h3,6H,1-2H3;/q;+1/p-1/b4-3+;. The van der Waals surface area contributed by atoms with E-state index >= 15 is 0 Å². The molecule has 0 rings (SSSR count). The van der Waals surface area contributed by atoms with Gasteiger partial charge in [-0.1, -0.05) is 0 Å². The molecule has 4 nitrogen and oxygen atoms in total. The number of methoxy groups -OCH3 is 2. The summed E-state index contributed by atoms with van der Waals surface area (Å²) in [5.74, 6) is -1.41. The van der Waals surface area contributed by atoms with Crippen LogP contribution in [0.25, 0.3) is 0 Å². The summed E-state index contributed by atoms with van der Waals surface area (Å²) in [7, 11) is 2.36. The van der Waals surface area contributed by atoms with E-state index in [0.29, 0.717) is 0 Å². The molecular weight excluding hydrogens is 147 g/mol. The van der Waals surface area contributed by atoms with Crippen molar-refractivity contribution in [3.8, 4) is 0 Å². The van der Waals surface area contributed by atoms with Gasteiger partial charge in [-0.15, -0.1) is 0 Å². The molecule has 0 aromatic rings. The Balaban J connectivity index is 0. The minimum Gasteiger partial charge on any atom is -0.616 e. The Morgan fingerprint density at radius 3 is 2.20 bits per heavy atom. The Bertz CT molecular complexity index is 132. The maximum absolute atomic E-state index is 10.2. The van der Waals surface area contributed by atoms with E-state index in [0.717, 1.165) is 6.08 Å². The maximum atomic E-state index is 10.2. The quantitative estimate of drug-likeness (QED) is 0.176. The van der Waals surface area contributed by atoms with Crippen LogP contribution in [0.4, 0.5) is 0 Å². The smallest absolute Gasteiger partial charge is 0.616 e. The Morgan fingerprint density at radius 2 is 1.90 bits per heavy atom. The van der Waals surface area contributed by atoms with Crippen LogP contribution >= 0.6 is 0 Å². The predicted octanol–water partition coefficient (Wildman–Crippen LogP) is -3.99. The van der Waals surface area contributed by atoms with Gasteiger partial charge < -0.3 is 14.6 Å². The molecule has 52 valence electrons.